The first-order chi connectivity index (χ1) is 13.0. The highest BCUT2D eigenvalue weighted by atomic mass is 35.5. The zero-order valence-corrected chi connectivity index (χ0v) is 17.1. The zero-order chi connectivity index (χ0) is 19.3. The van der Waals surface area contributed by atoms with Gasteiger partial charge in [-0.1, -0.05) is 24.4 Å². The number of nitrogens with one attached hydrogen (secondary N) is 2. The van der Waals surface area contributed by atoms with E-state index < -0.39 is 5.60 Å². The second kappa shape index (κ2) is 9.02. The van der Waals surface area contributed by atoms with Crippen molar-refractivity contribution in [1.82, 2.24) is 10.6 Å². The van der Waals surface area contributed by atoms with Gasteiger partial charge in [0.1, 0.15) is 5.75 Å². The van der Waals surface area contributed by atoms with Crippen molar-refractivity contribution >= 4 is 23.2 Å². The minimum Gasteiger partial charge on any atom is -0.495 e. The lowest BCUT2D eigenvalue weighted by Gasteiger charge is -2.23. The van der Waals surface area contributed by atoms with Gasteiger partial charge in [-0.2, -0.15) is 0 Å². The van der Waals surface area contributed by atoms with E-state index in [2.05, 4.69) is 27.4 Å². The molecule has 1 aromatic rings. The second-order valence-corrected chi connectivity index (χ2v) is 7.96. The monoisotopic (exact) mass is 394 g/mol. The van der Waals surface area contributed by atoms with Gasteiger partial charge in [-0.05, 0) is 44.4 Å². The van der Waals surface area contributed by atoms with Gasteiger partial charge in [0.25, 0.3) is 0 Å². The summed E-state index contributed by atoms with van der Waals surface area (Å²) < 4.78 is 5.49. The summed E-state index contributed by atoms with van der Waals surface area (Å²) in [6, 6.07) is 5.99. The van der Waals surface area contributed by atoms with Gasteiger partial charge in [0.2, 0.25) is 0 Å². The van der Waals surface area contributed by atoms with Crippen molar-refractivity contribution in [3.05, 3.63) is 23.2 Å². The molecule has 1 saturated heterocycles. The molecule has 0 amide bonds. The molecule has 1 saturated carbocycles. The van der Waals surface area contributed by atoms with Gasteiger partial charge in [0.15, 0.2) is 5.96 Å². The molecule has 3 rings (SSSR count). The molecule has 1 aliphatic heterocycles. The van der Waals surface area contributed by atoms with Crippen molar-refractivity contribution in [2.45, 2.75) is 50.7 Å². The highest BCUT2D eigenvalue weighted by Crippen LogP contribution is 2.33. The molecule has 2 fully saturated rings. The van der Waals surface area contributed by atoms with E-state index in [1.54, 1.807) is 7.11 Å². The highest BCUT2D eigenvalue weighted by Gasteiger charge is 2.31. The summed E-state index contributed by atoms with van der Waals surface area (Å²) in [5, 5.41) is 18.1. The smallest absolute Gasteiger partial charge is 0.191 e. The highest BCUT2D eigenvalue weighted by molar-refractivity contribution is 6.30. The third-order valence-corrected chi connectivity index (χ3v) is 5.66. The number of guanidine groups is 1. The van der Waals surface area contributed by atoms with Crippen LogP contribution in [0.3, 0.4) is 0 Å². The number of aliphatic hydroxyl groups is 1. The Balaban J connectivity index is 1.62. The topological polar surface area (TPSA) is 69.1 Å². The Morgan fingerprint density at radius 3 is 2.89 bits per heavy atom. The Bertz CT molecular complexity index is 661. The first kappa shape index (κ1) is 20.1. The minimum absolute atomic E-state index is 0.282. The van der Waals surface area contributed by atoms with E-state index in [-0.39, 0.29) is 6.04 Å². The van der Waals surface area contributed by atoms with Crippen LogP contribution in [-0.4, -0.2) is 56.0 Å². The van der Waals surface area contributed by atoms with Crippen molar-refractivity contribution in [2.24, 2.45) is 4.99 Å². The SMILES string of the molecule is CCNC(=NCC1(O)CCCC1)NC1CCN(c2cc(Cl)ccc2OC)C1. The minimum atomic E-state index is -0.627. The van der Waals surface area contributed by atoms with Crippen LogP contribution in [0.15, 0.2) is 23.2 Å². The Hall–Kier alpha value is -1.66. The van der Waals surface area contributed by atoms with Crippen LogP contribution >= 0.6 is 11.6 Å². The molecule has 1 aromatic carbocycles. The van der Waals surface area contributed by atoms with E-state index in [0.29, 0.717) is 11.6 Å². The second-order valence-electron chi connectivity index (χ2n) is 7.52. The summed E-state index contributed by atoms with van der Waals surface area (Å²) in [5.74, 6) is 1.62. The molecule has 27 heavy (non-hydrogen) atoms. The standard InChI is InChI=1S/C20H31ClN4O2/c1-3-22-19(23-14-20(26)9-4-5-10-20)24-16-8-11-25(13-16)17-12-15(21)6-7-18(17)27-2/h6-7,12,16,26H,3-5,8-11,13-14H2,1-2H3,(H2,22,23,24). The molecule has 3 N–H and O–H groups in total. The van der Waals surface area contributed by atoms with E-state index >= 15 is 0 Å². The molecular weight excluding hydrogens is 364 g/mol. The summed E-state index contributed by atoms with van der Waals surface area (Å²) in [4.78, 5) is 6.94. The maximum atomic E-state index is 10.5. The van der Waals surface area contributed by atoms with E-state index in [1.807, 2.05) is 18.2 Å². The van der Waals surface area contributed by atoms with E-state index in [9.17, 15) is 5.11 Å². The van der Waals surface area contributed by atoms with Gasteiger partial charge in [0, 0.05) is 30.7 Å². The number of methoxy groups -OCH3 is 1. The molecule has 0 bridgehead atoms. The fourth-order valence-electron chi connectivity index (χ4n) is 3.94. The van der Waals surface area contributed by atoms with E-state index in [4.69, 9.17) is 16.3 Å². The molecular formula is C20H31ClN4O2. The van der Waals surface area contributed by atoms with Crippen molar-refractivity contribution in [3.63, 3.8) is 0 Å². The Labute approximate surface area is 166 Å². The number of rotatable bonds is 6. The largest absolute Gasteiger partial charge is 0.495 e. The molecule has 6 nitrogen and oxygen atoms in total. The van der Waals surface area contributed by atoms with Crippen molar-refractivity contribution < 1.29 is 9.84 Å². The third-order valence-electron chi connectivity index (χ3n) is 5.42. The predicted molar refractivity (Wildman–Crippen MR) is 111 cm³/mol. The van der Waals surface area contributed by atoms with Gasteiger partial charge in [-0.15, -0.1) is 0 Å². The Morgan fingerprint density at radius 2 is 2.19 bits per heavy atom. The summed E-state index contributed by atoms with van der Waals surface area (Å²) in [6.07, 6.45) is 4.89. The molecule has 0 spiro atoms. The van der Waals surface area contributed by atoms with Gasteiger partial charge >= 0.3 is 0 Å². The molecule has 7 heteroatoms. The van der Waals surface area contributed by atoms with Crippen LogP contribution in [0.2, 0.25) is 5.02 Å². The fraction of sp³-hybridized carbons (Fsp3) is 0.650. The fourth-order valence-corrected chi connectivity index (χ4v) is 4.10. The average Bonchev–Trinajstić information content (AvgIpc) is 3.29. The van der Waals surface area contributed by atoms with Crippen molar-refractivity contribution in [1.29, 1.82) is 0 Å². The van der Waals surface area contributed by atoms with Crippen molar-refractivity contribution in [2.75, 3.05) is 38.2 Å². The Kier molecular flexibility index (Phi) is 6.71. The molecule has 1 heterocycles. The first-order valence-corrected chi connectivity index (χ1v) is 10.3. The lowest BCUT2D eigenvalue weighted by molar-refractivity contribution is 0.0574. The summed E-state index contributed by atoms with van der Waals surface area (Å²) in [6.45, 7) is 5.09. The maximum absolute atomic E-state index is 10.5. The molecule has 1 aliphatic carbocycles. The summed E-state index contributed by atoms with van der Waals surface area (Å²) in [7, 11) is 1.68. The molecule has 0 radical (unpaired) electrons. The van der Waals surface area contributed by atoms with E-state index in [0.717, 1.165) is 69.1 Å². The molecule has 150 valence electrons. The van der Waals surface area contributed by atoms with Crippen LogP contribution in [0.25, 0.3) is 0 Å². The lowest BCUT2D eigenvalue weighted by Crippen LogP contribution is -2.45. The third kappa shape index (κ3) is 5.20. The normalized spacial score (nSPS) is 22.1. The number of ether oxygens (including phenoxy) is 1. The number of aliphatic imine (C=N–C) groups is 1. The molecule has 1 atom stereocenters. The molecule has 0 aromatic heterocycles. The van der Waals surface area contributed by atoms with Crippen LogP contribution in [-0.2, 0) is 0 Å². The number of anilines is 1. The quantitative estimate of drug-likeness (QED) is 0.511. The van der Waals surface area contributed by atoms with Crippen LogP contribution < -0.4 is 20.3 Å². The first-order valence-electron chi connectivity index (χ1n) is 9.89. The van der Waals surface area contributed by atoms with Gasteiger partial charge in [-0.3, -0.25) is 4.99 Å². The number of benzene rings is 1. The van der Waals surface area contributed by atoms with Crippen LogP contribution in [0.4, 0.5) is 5.69 Å². The van der Waals surface area contributed by atoms with E-state index in [1.165, 1.54) is 0 Å². The van der Waals surface area contributed by atoms with Crippen LogP contribution in [0, 0.1) is 0 Å². The number of hydrogen-bond acceptors (Lipinski definition) is 4. The predicted octanol–water partition coefficient (Wildman–Crippen LogP) is 2.79. The van der Waals surface area contributed by atoms with Gasteiger partial charge in [-0.25, -0.2) is 0 Å². The summed E-state index contributed by atoms with van der Waals surface area (Å²) >= 11 is 6.18. The summed E-state index contributed by atoms with van der Waals surface area (Å²) in [5.41, 5.74) is 0.398. The number of nitrogens with zero attached hydrogens (tertiary/aromatic N) is 2. The average molecular weight is 395 g/mol. The van der Waals surface area contributed by atoms with Crippen LogP contribution in [0.1, 0.15) is 39.0 Å². The lowest BCUT2D eigenvalue weighted by atomic mass is 10.0. The number of hydrogen-bond donors (Lipinski definition) is 3. The number of halogens is 1. The zero-order valence-electron chi connectivity index (χ0n) is 16.3. The maximum Gasteiger partial charge on any atom is 0.191 e. The van der Waals surface area contributed by atoms with Crippen LogP contribution in [0.5, 0.6) is 5.75 Å². The van der Waals surface area contributed by atoms with Gasteiger partial charge < -0.3 is 25.4 Å². The molecule has 1 unspecified atom stereocenters. The Morgan fingerprint density at radius 1 is 1.41 bits per heavy atom. The van der Waals surface area contributed by atoms with Gasteiger partial charge in [0.05, 0.1) is 24.9 Å². The van der Waals surface area contributed by atoms with Crippen molar-refractivity contribution in [3.8, 4) is 5.75 Å². The molecule has 2 aliphatic rings.